The van der Waals surface area contributed by atoms with Crippen LogP contribution in [0.2, 0.25) is 0 Å². The van der Waals surface area contributed by atoms with E-state index in [0.29, 0.717) is 46.9 Å². The van der Waals surface area contributed by atoms with Crippen LogP contribution in [0.25, 0.3) is 0 Å². The van der Waals surface area contributed by atoms with Crippen LogP contribution in [0.4, 0.5) is 5.69 Å². The van der Waals surface area contributed by atoms with Gasteiger partial charge in [-0.15, -0.1) is 0 Å². The van der Waals surface area contributed by atoms with Gasteiger partial charge in [0.1, 0.15) is 6.61 Å². The molecule has 2 aromatic carbocycles. The normalized spacial score (nSPS) is 18.8. The number of hydrogen-bond donors (Lipinski definition) is 1. The van der Waals surface area contributed by atoms with Crippen molar-refractivity contribution in [2.24, 2.45) is 0 Å². The van der Waals surface area contributed by atoms with Gasteiger partial charge in [0, 0.05) is 48.0 Å². The second-order valence-corrected chi connectivity index (χ2v) is 9.31. The van der Waals surface area contributed by atoms with Gasteiger partial charge in [-0.2, -0.15) is 0 Å². The zero-order chi connectivity index (χ0) is 28.1. The van der Waals surface area contributed by atoms with Crippen molar-refractivity contribution in [2.75, 3.05) is 34.0 Å². The Labute approximate surface area is 226 Å². The molecule has 39 heavy (non-hydrogen) atoms. The third kappa shape index (κ3) is 5.80. The maximum atomic E-state index is 13.8. The highest BCUT2D eigenvalue weighted by Gasteiger charge is 2.41. The Hall–Kier alpha value is -4.18. The topological polar surface area (TPSA) is 126 Å². The number of dihydropyridines is 1. The van der Waals surface area contributed by atoms with Crippen molar-refractivity contribution in [1.82, 2.24) is 5.32 Å². The van der Waals surface area contributed by atoms with E-state index in [0.717, 1.165) is 11.3 Å². The van der Waals surface area contributed by atoms with Crippen molar-refractivity contribution in [3.05, 3.63) is 86.2 Å². The zero-order valence-corrected chi connectivity index (χ0v) is 22.4. The van der Waals surface area contributed by atoms with Gasteiger partial charge in [-0.05, 0) is 49.4 Å². The summed E-state index contributed by atoms with van der Waals surface area (Å²) in [5.74, 6) is -0.336. The quantitative estimate of drug-likeness (QED) is 0.201. The van der Waals surface area contributed by atoms with E-state index in [1.165, 1.54) is 12.1 Å². The molecular weight excluding hydrogens is 504 g/mol. The number of ether oxygens (including phenoxy) is 4. The van der Waals surface area contributed by atoms with Gasteiger partial charge in [-0.1, -0.05) is 18.2 Å². The molecule has 4 rings (SSSR count). The summed E-state index contributed by atoms with van der Waals surface area (Å²) in [6.07, 6.45) is 0.759. The Bertz CT molecular complexity index is 1330. The van der Waals surface area contributed by atoms with Gasteiger partial charge in [-0.3, -0.25) is 14.9 Å². The number of esters is 1. The van der Waals surface area contributed by atoms with E-state index < -0.39 is 16.8 Å². The highest BCUT2D eigenvalue weighted by Crippen LogP contribution is 2.46. The maximum Gasteiger partial charge on any atom is 0.336 e. The van der Waals surface area contributed by atoms with Gasteiger partial charge < -0.3 is 24.3 Å². The molecule has 0 saturated heterocycles. The predicted octanol–water partition coefficient (Wildman–Crippen LogP) is 4.55. The SMILES string of the molecule is CCOCCOC(=O)C1=C(C)NC2=C(C(=O)C[C@@H](c3ccc(OC)c(OC)c3)C2)[C@H]1c1ccc([N+](=O)[O-])cc1. The standard InChI is InChI=1S/C29H32N2O8/c1-5-38-12-13-39-29(33)26-17(2)30-22-14-20(19-8-11-24(36-3)25(16-19)37-4)15-23(32)28(22)27(26)18-6-9-21(10-7-18)31(34)35/h6-11,16,20,27,30H,5,12-15H2,1-4H3/t20-,27-/m0/s1. The number of carbonyl (C=O) groups is 2. The molecule has 0 spiro atoms. The molecule has 0 unspecified atom stereocenters. The first-order chi connectivity index (χ1) is 18.8. The summed E-state index contributed by atoms with van der Waals surface area (Å²) in [5, 5.41) is 14.5. The summed E-state index contributed by atoms with van der Waals surface area (Å²) < 4.78 is 21.6. The molecule has 0 aromatic heterocycles. The van der Waals surface area contributed by atoms with Crippen LogP contribution < -0.4 is 14.8 Å². The lowest BCUT2D eigenvalue weighted by Crippen LogP contribution is -2.36. The Balaban J connectivity index is 1.72. The number of nitrogens with zero attached hydrogens (tertiary/aromatic N) is 1. The van der Waals surface area contributed by atoms with Crippen LogP contribution >= 0.6 is 0 Å². The molecule has 0 bridgehead atoms. The molecule has 0 amide bonds. The highest BCUT2D eigenvalue weighted by molar-refractivity contribution is 6.04. The largest absolute Gasteiger partial charge is 0.493 e. The molecule has 0 fully saturated rings. The Kier molecular flexibility index (Phi) is 8.65. The average molecular weight is 537 g/mol. The summed E-state index contributed by atoms with van der Waals surface area (Å²) in [6, 6.07) is 11.6. The number of nitro groups is 1. The third-order valence-electron chi connectivity index (χ3n) is 7.03. The number of rotatable bonds is 10. The average Bonchev–Trinajstić information content (AvgIpc) is 2.94. The van der Waals surface area contributed by atoms with Crippen LogP contribution in [-0.2, 0) is 19.1 Å². The van der Waals surface area contributed by atoms with Crippen LogP contribution in [0.3, 0.4) is 0 Å². The van der Waals surface area contributed by atoms with Crippen LogP contribution in [0.15, 0.2) is 65.0 Å². The fourth-order valence-electron chi connectivity index (χ4n) is 5.19. The molecule has 10 nitrogen and oxygen atoms in total. The lowest BCUT2D eigenvalue weighted by Gasteiger charge is -2.36. The van der Waals surface area contributed by atoms with Gasteiger partial charge in [0.05, 0.1) is 31.3 Å². The summed E-state index contributed by atoms with van der Waals surface area (Å²) in [5.41, 5.74) is 3.52. The fraction of sp³-hybridized carbons (Fsp3) is 0.379. The molecule has 1 N–H and O–H groups in total. The van der Waals surface area contributed by atoms with E-state index >= 15 is 0 Å². The molecule has 0 saturated carbocycles. The van der Waals surface area contributed by atoms with Crippen molar-refractivity contribution < 1.29 is 33.5 Å². The van der Waals surface area contributed by atoms with Gasteiger partial charge in [0.2, 0.25) is 0 Å². The molecule has 1 aliphatic carbocycles. The summed E-state index contributed by atoms with van der Waals surface area (Å²) >= 11 is 0. The molecule has 2 atom stereocenters. The monoisotopic (exact) mass is 536 g/mol. The number of nitrogens with one attached hydrogen (secondary N) is 1. The molecule has 2 aliphatic rings. The van der Waals surface area contributed by atoms with Crippen LogP contribution in [0, 0.1) is 10.1 Å². The highest BCUT2D eigenvalue weighted by atomic mass is 16.6. The van der Waals surface area contributed by atoms with E-state index in [2.05, 4.69) is 5.32 Å². The zero-order valence-electron chi connectivity index (χ0n) is 22.4. The van der Waals surface area contributed by atoms with E-state index in [-0.39, 0.29) is 37.0 Å². The Morgan fingerprint density at radius 2 is 1.72 bits per heavy atom. The van der Waals surface area contributed by atoms with Crippen molar-refractivity contribution in [2.45, 2.75) is 38.5 Å². The number of Topliss-reactive ketones (excluding diaryl/α,β-unsaturated/α-hetero) is 1. The lowest BCUT2D eigenvalue weighted by molar-refractivity contribution is -0.384. The van der Waals surface area contributed by atoms with Gasteiger partial charge in [-0.25, -0.2) is 4.79 Å². The van der Waals surface area contributed by atoms with Crippen molar-refractivity contribution in [3.63, 3.8) is 0 Å². The lowest BCUT2D eigenvalue weighted by atomic mass is 9.71. The molecule has 1 aliphatic heterocycles. The van der Waals surface area contributed by atoms with Gasteiger partial charge in [0.25, 0.3) is 5.69 Å². The van der Waals surface area contributed by atoms with Crippen LogP contribution in [0.5, 0.6) is 11.5 Å². The van der Waals surface area contributed by atoms with E-state index in [1.54, 1.807) is 33.3 Å². The second-order valence-electron chi connectivity index (χ2n) is 9.31. The number of benzene rings is 2. The molecule has 10 heteroatoms. The minimum Gasteiger partial charge on any atom is -0.493 e. The summed E-state index contributed by atoms with van der Waals surface area (Å²) in [6.45, 7) is 4.44. The first kappa shape index (κ1) is 27.8. The summed E-state index contributed by atoms with van der Waals surface area (Å²) in [7, 11) is 3.13. The third-order valence-corrected chi connectivity index (χ3v) is 7.03. The molecular formula is C29H32N2O8. The number of nitro benzene ring substituents is 1. The maximum absolute atomic E-state index is 13.8. The molecule has 2 aromatic rings. The molecule has 206 valence electrons. The van der Waals surface area contributed by atoms with Gasteiger partial charge in [0.15, 0.2) is 17.3 Å². The number of carbonyl (C=O) groups excluding carboxylic acids is 2. The first-order valence-electron chi connectivity index (χ1n) is 12.7. The van der Waals surface area contributed by atoms with Crippen molar-refractivity contribution in [3.8, 4) is 11.5 Å². The van der Waals surface area contributed by atoms with E-state index in [9.17, 15) is 19.7 Å². The molecule has 0 radical (unpaired) electrons. The number of methoxy groups -OCH3 is 2. The number of allylic oxidation sites excluding steroid dienone is 3. The van der Waals surface area contributed by atoms with Crippen molar-refractivity contribution in [1.29, 1.82) is 0 Å². The summed E-state index contributed by atoms with van der Waals surface area (Å²) in [4.78, 5) is 37.8. The van der Waals surface area contributed by atoms with Crippen molar-refractivity contribution >= 4 is 17.4 Å². The van der Waals surface area contributed by atoms with Crippen LogP contribution in [-0.4, -0.2) is 50.7 Å². The number of hydrogen-bond acceptors (Lipinski definition) is 9. The Morgan fingerprint density at radius 1 is 1.03 bits per heavy atom. The smallest absolute Gasteiger partial charge is 0.336 e. The van der Waals surface area contributed by atoms with Gasteiger partial charge >= 0.3 is 5.97 Å². The fourth-order valence-corrected chi connectivity index (χ4v) is 5.19. The second kappa shape index (κ2) is 12.1. The minimum absolute atomic E-state index is 0.0671. The van der Waals surface area contributed by atoms with Crippen LogP contribution in [0.1, 0.15) is 49.7 Å². The number of non-ortho nitro benzene ring substituents is 1. The predicted molar refractivity (Wildman–Crippen MR) is 143 cm³/mol. The minimum atomic E-state index is -0.722. The molecule has 1 heterocycles. The van der Waals surface area contributed by atoms with E-state index in [4.69, 9.17) is 18.9 Å². The first-order valence-corrected chi connectivity index (χ1v) is 12.7. The number of ketones is 1. The van der Waals surface area contributed by atoms with E-state index in [1.807, 2.05) is 25.1 Å². The Morgan fingerprint density at radius 3 is 2.36 bits per heavy atom.